The van der Waals surface area contributed by atoms with Crippen LogP contribution in [0.3, 0.4) is 0 Å². The van der Waals surface area contributed by atoms with Crippen molar-refractivity contribution in [2.75, 3.05) is 25.5 Å². The van der Waals surface area contributed by atoms with Gasteiger partial charge in [0.15, 0.2) is 0 Å². The van der Waals surface area contributed by atoms with Crippen LogP contribution in [0.1, 0.15) is 114 Å². The molecule has 2 aromatic carbocycles. The highest BCUT2D eigenvalue weighted by atomic mass is 16.6. The molecule has 0 radical (unpaired) electrons. The summed E-state index contributed by atoms with van der Waals surface area (Å²) in [5, 5.41) is 22.3. The second kappa shape index (κ2) is 17.4. The number of Topliss-reactive ketones (excluding diaryl/α,β-unsaturated/α-hetero) is 1. The zero-order valence-electron chi connectivity index (χ0n) is 26.2. The Balaban J connectivity index is 1.61. The fourth-order valence-electron chi connectivity index (χ4n) is 5.79. The number of unbranched alkanes of at least 4 members (excludes halogenated alkanes) is 13. The fraction of sp³-hybridized carbons (Fsp3) is 0.543. The van der Waals surface area contributed by atoms with E-state index in [4.69, 9.17) is 0 Å². The van der Waals surface area contributed by atoms with Gasteiger partial charge in [0.1, 0.15) is 5.76 Å². The van der Waals surface area contributed by atoms with Gasteiger partial charge < -0.3 is 14.9 Å². The zero-order chi connectivity index (χ0) is 31.2. The van der Waals surface area contributed by atoms with Crippen LogP contribution in [0.2, 0.25) is 0 Å². The summed E-state index contributed by atoms with van der Waals surface area (Å²) >= 11 is 0. The van der Waals surface area contributed by atoms with Gasteiger partial charge >= 0.3 is 0 Å². The van der Waals surface area contributed by atoms with Crippen LogP contribution >= 0.6 is 0 Å². The maximum Gasteiger partial charge on any atom is 0.295 e. The number of anilines is 1. The van der Waals surface area contributed by atoms with E-state index in [9.17, 15) is 24.8 Å². The number of amides is 1. The summed E-state index contributed by atoms with van der Waals surface area (Å²) in [6, 6.07) is 12.2. The molecule has 1 fully saturated rings. The number of nitrogens with zero attached hydrogens (tertiary/aromatic N) is 3. The first kappa shape index (κ1) is 33.8. The monoisotopic (exact) mass is 591 g/mol. The summed E-state index contributed by atoms with van der Waals surface area (Å²) in [6.07, 6.45) is 17.2. The minimum atomic E-state index is -0.733. The largest absolute Gasteiger partial charge is 0.507 e. The molecule has 1 amide bonds. The van der Waals surface area contributed by atoms with Gasteiger partial charge in [0.25, 0.3) is 17.4 Å². The lowest BCUT2D eigenvalue weighted by Gasteiger charge is -2.26. The van der Waals surface area contributed by atoms with Gasteiger partial charge in [-0.3, -0.25) is 19.7 Å². The van der Waals surface area contributed by atoms with E-state index in [1.165, 1.54) is 94.9 Å². The van der Waals surface area contributed by atoms with Gasteiger partial charge in [0, 0.05) is 44.0 Å². The number of benzene rings is 2. The third-order valence-electron chi connectivity index (χ3n) is 8.37. The highest BCUT2D eigenvalue weighted by Gasteiger charge is 2.45. The first-order valence-electron chi connectivity index (χ1n) is 16.1. The first-order chi connectivity index (χ1) is 20.8. The van der Waals surface area contributed by atoms with Crippen molar-refractivity contribution >= 4 is 28.8 Å². The molecule has 3 rings (SSSR count). The summed E-state index contributed by atoms with van der Waals surface area (Å²) in [7, 11) is 3.87. The van der Waals surface area contributed by atoms with Gasteiger partial charge in [-0.1, -0.05) is 103 Å². The summed E-state index contributed by atoms with van der Waals surface area (Å²) in [4.78, 5) is 40.6. The number of hydrogen-bond donors (Lipinski definition) is 1. The molecule has 1 atom stereocenters. The molecule has 1 aliphatic heterocycles. The molecule has 0 aliphatic carbocycles. The number of aliphatic hydroxyl groups is 1. The number of carbonyl (C=O) groups is 2. The van der Waals surface area contributed by atoms with Crippen LogP contribution in [0.5, 0.6) is 0 Å². The molecule has 0 spiro atoms. The van der Waals surface area contributed by atoms with Gasteiger partial charge in [-0.2, -0.15) is 0 Å². The Labute approximate surface area is 256 Å². The second-order valence-corrected chi connectivity index (χ2v) is 11.9. The van der Waals surface area contributed by atoms with E-state index in [1.807, 2.05) is 43.3 Å². The van der Waals surface area contributed by atoms with Gasteiger partial charge in [-0.05, 0) is 36.2 Å². The second-order valence-electron chi connectivity index (χ2n) is 11.9. The quantitative estimate of drug-likeness (QED) is 0.0438. The predicted molar refractivity (Wildman–Crippen MR) is 173 cm³/mol. The van der Waals surface area contributed by atoms with E-state index in [0.717, 1.165) is 30.5 Å². The summed E-state index contributed by atoms with van der Waals surface area (Å²) in [6.45, 7) is 2.67. The number of likely N-dealkylation sites (tertiary alicyclic amines) is 1. The normalized spacial score (nSPS) is 16.2. The van der Waals surface area contributed by atoms with E-state index in [2.05, 4.69) is 6.92 Å². The predicted octanol–water partition coefficient (Wildman–Crippen LogP) is 8.56. The number of ketones is 1. The molecule has 0 aromatic heterocycles. The lowest BCUT2D eigenvalue weighted by atomic mass is 9.95. The Morgan fingerprint density at radius 2 is 1.28 bits per heavy atom. The number of hydrogen-bond acceptors (Lipinski definition) is 6. The first-order valence-corrected chi connectivity index (χ1v) is 16.1. The SMILES string of the molecule is CCCCCCCCCCCCCCCCN1C(=O)C(=O)/C(=C(/O)c2ccc([N+](=O)[O-])cc2)[C@H]1c1ccc(N(C)C)cc1. The van der Waals surface area contributed by atoms with Crippen LogP contribution in [0.25, 0.3) is 5.76 Å². The minimum Gasteiger partial charge on any atom is -0.507 e. The zero-order valence-corrected chi connectivity index (χ0v) is 26.2. The smallest absolute Gasteiger partial charge is 0.295 e. The van der Waals surface area contributed by atoms with Crippen molar-refractivity contribution in [3.05, 3.63) is 75.3 Å². The van der Waals surface area contributed by atoms with Gasteiger partial charge in [-0.25, -0.2) is 0 Å². The topological polar surface area (TPSA) is 104 Å². The van der Waals surface area contributed by atoms with Gasteiger partial charge in [-0.15, -0.1) is 0 Å². The maximum atomic E-state index is 13.3. The molecule has 1 heterocycles. The Hall–Kier alpha value is -3.68. The average molecular weight is 592 g/mol. The van der Waals surface area contributed by atoms with E-state index < -0.39 is 22.7 Å². The molecule has 0 bridgehead atoms. The molecule has 0 unspecified atom stereocenters. The number of carbonyl (C=O) groups excluding carboxylic acids is 2. The molecule has 234 valence electrons. The lowest BCUT2D eigenvalue weighted by molar-refractivity contribution is -0.384. The average Bonchev–Trinajstić information content (AvgIpc) is 3.26. The molecule has 43 heavy (non-hydrogen) atoms. The highest BCUT2D eigenvalue weighted by Crippen LogP contribution is 2.40. The van der Waals surface area contributed by atoms with Crippen molar-refractivity contribution < 1.29 is 19.6 Å². The number of nitro groups is 1. The Bertz CT molecular complexity index is 1220. The number of nitro benzene ring substituents is 1. The van der Waals surface area contributed by atoms with Crippen LogP contribution in [0.4, 0.5) is 11.4 Å². The Kier molecular flexibility index (Phi) is 13.7. The summed E-state index contributed by atoms with van der Waals surface area (Å²) in [5.41, 5.74) is 1.86. The van der Waals surface area contributed by atoms with Crippen molar-refractivity contribution in [2.24, 2.45) is 0 Å². The maximum absolute atomic E-state index is 13.3. The number of rotatable bonds is 19. The van der Waals surface area contributed by atoms with Crippen molar-refractivity contribution in [3.8, 4) is 0 Å². The summed E-state index contributed by atoms with van der Waals surface area (Å²) < 4.78 is 0. The molecule has 8 heteroatoms. The van der Waals surface area contributed by atoms with Crippen molar-refractivity contribution in [1.82, 2.24) is 4.90 Å². The van der Waals surface area contributed by atoms with Crippen LogP contribution in [-0.4, -0.2) is 47.3 Å². The molecule has 0 saturated carbocycles. The molecular weight excluding hydrogens is 542 g/mol. The van der Waals surface area contributed by atoms with E-state index >= 15 is 0 Å². The van der Waals surface area contributed by atoms with Crippen molar-refractivity contribution in [1.29, 1.82) is 0 Å². The minimum absolute atomic E-state index is 0.0156. The third kappa shape index (κ3) is 9.66. The fourth-order valence-corrected chi connectivity index (χ4v) is 5.79. The lowest BCUT2D eigenvalue weighted by Crippen LogP contribution is -2.30. The highest BCUT2D eigenvalue weighted by molar-refractivity contribution is 6.46. The van der Waals surface area contributed by atoms with Crippen molar-refractivity contribution in [3.63, 3.8) is 0 Å². The molecular formula is C35H49N3O5. The number of non-ortho nitro benzene ring substituents is 1. The number of aliphatic hydroxyl groups excluding tert-OH is 1. The van der Waals surface area contributed by atoms with Crippen LogP contribution in [0, 0.1) is 10.1 Å². The van der Waals surface area contributed by atoms with Crippen LogP contribution in [0.15, 0.2) is 54.1 Å². The molecule has 8 nitrogen and oxygen atoms in total. The standard InChI is InChI=1S/C35H49N3O5/c1-4-5-6-7-8-9-10-11-12-13-14-15-16-17-26-37-32(27-18-22-29(23-19-27)36(2)3)31(34(40)35(37)41)33(39)28-20-24-30(25-21-28)38(42)43/h18-25,32,39H,4-17,26H2,1-3H3/b33-31+/t32-/m1/s1. The van der Waals surface area contributed by atoms with Gasteiger partial charge in [0.2, 0.25) is 0 Å². The Morgan fingerprint density at radius 1 is 0.791 bits per heavy atom. The van der Waals surface area contributed by atoms with Crippen LogP contribution in [-0.2, 0) is 9.59 Å². The van der Waals surface area contributed by atoms with E-state index in [-0.39, 0.29) is 22.6 Å². The van der Waals surface area contributed by atoms with Gasteiger partial charge in [0.05, 0.1) is 16.5 Å². The van der Waals surface area contributed by atoms with Crippen LogP contribution < -0.4 is 4.90 Å². The van der Waals surface area contributed by atoms with E-state index in [0.29, 0.717) is 6.54 Å². The van der Waals surface area contributed by atoms with E-state index in [1.54, 1.807) is 4.90 Å². The molecule has 1 aliphatic rings. The Morgan fingerprint density at radius 3 is 1.74 bits per heavy atom. The molecule has 1 saturated heterocycles. The summed E-state index contributed by atoms with van der Waals surface area (Å²) in [5.74, 6) is -1.68. The third-order valence-corrected chi connectivity index (χ3v) is 8.37. The van der Waals surface area contributed by atoms with Crippen molar-refractivity contribution in [2.45, 2.75) is 103 Å². The molecule has 2 aromatic rings. The molecule has 1 N–H and O–H groups in total.